The van der Waals surface area contributed by atoms with Gasteiger partial charge in [0.15, 0.2) is 0 Å². The highest BCUT2D eigenvalue weighted by Gasteiger charge is 2.07. The number of hydrogen-bond acceptors (Lipinski definition) is 3. The van der Waals surface area contributed by atoms with Crippen LogP contribution in [-0.4, -0.2) is 15.1 Å². The number of hydrogen-bond donors (Lipinski definition) is 2. The summed E-state index contributed by atoms with van der Waals surface area (Å²) in [6.07, 6.45) is 0.501. The summed E-state index contributed by atoms with van der Waals surface area (Å²) in [5.74, 6) is 0.254. The van der Waals surface area contributed by atoms with E-state index in [2.05, 4.69) is 9.97 Å². The topological polar surface area (TPSA) is 66.0 Å². The van der Waals surface area contributed by atoms with Crippen LogP contribution in [0.3, 0.4) is 0 Å². The summed E-state index contributed by atoms with van der Waals surface area (Å²) < 4.78 is 0.217. The first-order valence-electron chi connectivity index (χ1n) is 4.68. The van der Waals surface area contributed by atoms with Gasteiger partial charge in [0.05, 0.1) is 0 Å². The van der Waals surface area contributed by atoms with Gasteiger partial charge in [-0.05, 0) is 28.2 Å². The number of aromatic amines is 1. The lowest BCUT2D eigenvalue weighted by Crippen LogP contribution is -2.14. The zero-order valence-electron chi connectivity index (χ0n) is 8.27. The second kappa shape index (κ2) is 4.65. The van der Waals surface area contributed by atoms with Gasteiger partial charge < -0.3 is 10.1 Å². The standard InChI is InChI=1S/C11H9IN2O2/c12-9-10(15)13-8(14-11(9)16)6-7-4-2-1-3-5-7/h1-5H,6H2,(H2,13,14,15,16). The Hall–Kier alpha value is -1.37. The van der Waals surface area contributed by atoms with E-state index in [9.17, 15) is 9.90 Å². The first-order valence-corrected chi connectivity index (χ1v) is 5.76. The Morgan fingerprint density at radius 3 is 2.62 bits per heavy atom. The number of halogens is 1. The number of aromatic hydroxyl groups is 1. The van der Waals surface area contributed by atoms with Crippen molar-refractivity contribution in [1.82, 2.24) is 9.97 Å². The van der Waals surface area contributed by atoms with E-state index in [-0.39, 0.29) is 15.0 Å². The predicted octanol–water partition coefficient (Wildman–Crippen LogP) is 1.67. The molecule has 1 aromatic heterocycles. The molecule has 0 aliphatic carbocycles. The molecule has 5 heteroatoms. The normalized spacial score (nSPS) is 10.3. The lowest BCUT2D eigenvalue weighted by atomic mass is 10.1. The van der Waals surface area contributed by atoms with E-state index in [0.717, 1.165) is 5.56 Å². The van der Waals surface area contributed by atoms with Crippen molar-refractivity contribution in [3.05, 3.63) is 55.6 Å². The highest BCUT2D eigenvalue weighted by molar-refractivity contribution is 14.1. The van der Waals surface area contributed by atoms with Gasteiger partial charge in [0, 0.05) is 6.42 Å². The molecule has 0 fully saturated rings. The summed E-state index contributed by atoms with van der Waals surface area (Å²) in [6, 6.07) is 9.63. The van der Waals surface area contributed by atoms with E-state index in [1.165, 1.54) is 0 Å². The van der Waals surface area contributed by atoms with E-state index in [1.54, 1.807) is 22.6 Å². The van der Waals surface area contributed by atoms with Gasteiger partial charge in [0.2, 0.25) is 5.88 Å². The summed E-state index contributed by atoms with van der Waals surface area (Å²) in [4.78, 5) is 17.9. The van der Waals surface area contributed by atoms with Crippen LogP contribution in [-0.2, 0) is 6.42 Å². The minimum absolute atomic E-state index is 0.213. The molecule has 1 heterocycles. The second-order valence-electron chi connectivity index (χ2n) is 3.31. The molecule has 0 saturated carbocycles. The van der Waals surface area contributed by atoms with E-state index in [0.29, 0.717) is 12.2 Å². The highest BCUT2D eigenvalue weighted by atomic mass is 127. The van der Waals surface area contributed by atoms with Crippen molar-refractivity contribution < 1.29 is 5.11 Å². The van der Waals surface area contributed by atoms with Gasteiger partial charge >= 0.3 is 0 Å². The summed E-state index contributed by atoms with van der Waals surface area (Å²) in [5, 5.41) is 9.42. The molecule has 4 nitrogen and oxygen atoms in total. The van der Waals surface area contributed by atoms with Crippen molar-refractivity contribution >= 4 is 22.6 Å². The maximum atomic E-state index is 11.4. The van der Waals surface area contributed by atoms with E-state index in [4.69, 9.17) is 0 Å². The average molecular weight is 328 g/mol. The van der Waals surface area contributed by atoms with Crippen LogP contribution in [0.2, 0.25) is 0 Å². The summed E-state index contributed by atoms with van der Waals surface area (Å²) >= 11 is 1.76. The molecule has 0 radical (unpaired) electrons. The largest absolute Gasteiger partial charge is 0.492 e. The predicted molar refractivity (Wildman–Crippen MR) is 68.5 cm³/mol. The number of nitrogens with zero attached hydrogens (tertiary/aromatic N) is 1. The molecular formula is C11H9IN2O2. The van der Waals surface area contributed by atoms with Crippen molar-refractivity contribution in [3.8, 4) is 5.88 Å². The molecule has 0 bridgehead atoms. The first-order chi connectivity index (χ1) is 7.66. The maximum absolute atomic E-state index is 11.4. The number of rotatable bonds is 2. The lowest BCUT2D eigenvalue weighted by Gasteiger charge is -2.02. The van der Waals surface area contributed by atoms with Crippen LogP contribution in [0.5, 0.6) is 5.88 Å². The molecular weight excluding hydrogens is 319 g/mol. The van der Waals surface area contributed by atoms with Crippen molar-refractivity contribution in [3.63, 3.8) is 0 Å². The molecule has 0 saturated heterocycles. The van der Waals surface area contributed by atoms with Crippen molar-refractivity contribution in [2.24, 2.45) is 0 Å². The molecule has 0 aliphatic rings. The number of aromatic nitrogens is 2. The Morgan fingerprint density at radius 1 is 1.31 bits per heavy atom. The smallest absolute Gasteiger partial charge is 0.268 e. The third-order valence-corrected chi connectivity index (χ3v) is 3.08. The lowest BCUT2D eigenvalue weighted by molar-refractivity contribution is 0.443. The van der Waals surface area contributed by atoms with Gasteiger partial charge in [0.1, 0.15) is 9.39 Å². The van der Waals surface area contributed by atoms with Crippen molar-refractivity contribution in [2.75, 3.05) is 0 Å². The van der Waals surface area contributed by atoms with Gasteiger partial charge in [-0.25, -0.2) is 0 Å². The molecule has 0 aliphatic heterocycles. The number of H-pyrrole nitrogens is 1. The summed E-state index contributed by atoms with van der Waals surface area (Å²) in [5.41, 5.74) is 0.727. The minimum Gasteiger partial charge on any atom is -0.492 e. The molecule has 2 aromatic rings. The Balaban J connectivity index is 2.33. The maximum Gasteiger partial charge on any atom is 0.268 e. The molecule has 82 valence electrons. The number of nitrogens with one attached hydrogen (secondary N) is 1. The molecule has 2 N–H and O–H groups in total. The van der Waals surface area contributed by atoms with Crippen LogP contribution >= 0.6 is 22.6 Å². The van der Waals surface area contributed by atoms with E-state index in [1.807, 2.05) is 30.3 Å². The molecule has 2 rings (SSSR count). The van der Waals surface area contributed by atoms with Crippen LogP contribution in [0.25, 0.3) is 0 Å². The zero-order chi connectivity index (χ0) is 11.5. The average Bonchev–Trinajstić information content (AvgIpc) is 2.27. The molecule has 0 unspecified atom stereocenters. The monoisotopic (exact) mass is 328 g/mol. The third-order valence-electron chi connectivity index (χ3n) is 2.11. The second-order valence-corrected chi connectivity index (χ2v) is 4.39. The molecule has 16 heavy (non-hydrogen) atoms. The fourth-order valence-corrected chi connectivity index (χ4v) is 1.62. The number of benzene rings is 1. The Kier molecular flexibility index (Phi) is 3.23. The van der Waals surface area contributed by atoms with Crippen LogP contribution < -0.4 is 5.56 Å². The van der Waals surface area contributed by atoms with Gasteiger partial charge in [-0.2, -0.15) is 4.98 Å². The van der Waals surface area contributed by atoms with E-state index < -0.39 is 0 Å². The minimum atomic E-state index is -0.306. The molecule has 0 amide bonds. The van der Waals surface area contributed by atoms with Crippen molar-refractivity contribution in [2.45, 2.75) is 6.42 Å². The van der Waals surface area contributed by atoms with Gasteiger partial charge in [-0.1, -0.05) is 30.3 Å². The fraction of sp³-hybridized carbons (Fsp3) is 0.0909. The van der Waals surface area contributed by atoms with Gasteiger partial charge in [-0.15, -0.1) is 0 Å². The summed E-state index contributed by atoms with van der Waals surface area (Å²) in [7, 11) is 0. The Labute approximate surface area is 106 Å². The van der Waals surface area contributed by atoms with Crippen LogP contribution in [0.1, 0.15) is 11.4 Å². The highest BCUT2D eigenvalue weighted by Crippen LogP contribution is 2.12. The van der Waals surface area contributed by atoms with Gasteiger partial charge in [0.25, 0.3) is 5.56 Å². The van der Waals surface area contributed by atoms with Crippen LogP contribution in [0.15, 0.2) is 35.1 Å². The zero-order valence-corrected chi connectivity index (χ0v) is 10.4. The van der Waals surface area contributed by atoms with Crippen molar-refractivity contribution in [1.29, 1.82) is 0 Å². The summed E-state index contributed by atoms with van der Waals surface area (Å²) in [6.45, 7) is 0. The Morgan fingerprint density at radius 2 is 2.00 bits per heavy atom. The SMILES string of the molecule is O=c1[nH]c(Cc2ccccc2)nc(O)c1I. The van der Waals surface area contributed by atoms with Crippen LogP contribution in [0, 0.1) is 3.57 Å². The third kappa shape index (κ3) is 2.41. The van der Waals surface area contributed by atoms with Crippen LogP contribution in [0.4, 0.5) is 0 Å². The first kappa shape index (κ1) is 11.1. The molecule has 1 aromatic carbocycles. The fourth-order valence-electron chi connectivity index (χ4n) is 1.37. The Bertz CT molecular complexity index is 552. The quantitative estimate of drug-likeness (QED) is 0.825. The molecule has 0 atom stereocenters. The van der Waals surface area contributed by atoms with Gasteiger partial charge in [-0.3, -0.25) is 4.79 Å². The van der Waals surface area contributed by atoms with E-state index >= 15 is 0 Å². The molecule has 0 spiro atoms.